The van der Waals surface area contributed by atoms with Crippen LogP contribution in [0, 0.1) is 20.6 Å². The molecule has 0 saturated heterocycles. The van der Waals surface area contributed by atoms with Gasteiger partial charge in [0.05, 0.1) is 16.3 Å². The van der Waals surface area contributed by atoms with Crippen molar-refractivity contribution in [2.24, 2.45) is 0 Å². The zero-order valence-electron chi connectivity index (χ0n) is 7.45. The number of anilines is 1. The molecule has 0 spiro atoms. The fourth-order valence-corrected chi connectivity index (χ4v) is 1.38. The van der Waals surface area contributed by atoms with E-state index in [0.29, 0.717) is 5.00 Å². The Labute approximate surface area is 88.0 Å². The van der Waals surface area contributed by atoms with E-state index in [-0.39, 0.29) is 10.6 Å². The monoisotopic (exact) mass is 222 g/mol. The lowest BCUT2D eigenvalue weighted by Crippen LogP contribution is -1.96. The average molecular weight is 222 g/mol. The molecule has 1 aromatic heterocycles. The number of hydrogen-bond acceptors (Lipinski definition) is 6. The van der Waals surface area contributed by atoms with Gasteiger partial charge in [0.15, 0.2) is 0 Å². The van der Waals surface area contributed by atoms with Gasteiger partial charge in [0.2, 0.25) is 0 Å². The number of benzene rings is 1. The van der Waals surface area contributed by atoms with Crippen LogP contribution in [-0.2, 0) is 0 Å². The molecule has 0 unspecified atom stereocenters. The Morgan fingerprint density at radius 2 is 2.27 bits per heavy atom. The summed E-state index contributed by atoms with van der Waals surface area (Å²) < 4.78 is 3.49. The quantitative estimate of drug-likeness (QED) is 0.494. The summed E-state index contributed by atoms with van der Waals surface area (Å²) in [6.45, 7) is 0. The predicted octanol–water partition coefficient (Wildman–Crippen LogP) is 1.32. The van der Waals surface area contributed by atoms with Gasteiger partial charge in [0.25, 0.3) is 5.69 Å². The molecule has 1 heterocycles. The smallest absolute Gasteiger partial charge is 0.277 e. The zero-order chi connectivity index (χ0) is 10.8. The van der Waals surface area contributed by atoms with E-state index >= 15 is 0 Å². The van der Waals surface area contributed by atoms with Gasteiger partial charge in [-0.05, 0) is 11.3 Å². The number of nitrogens with two attached hydrogens (primary N) is 1. The van der Waals surface area contributed by atoms with Crippen LogP contribution >= 0.6 is 11.5 Å². The summed E-state index contributed by atoms with van der Waals surface area (Å²) in [5.74, 6) is 0. The van der Waals surface area contributed by atoms with E-state index in [1.807, 2.05) is 6.07 Å². The lowest BCUT2D eigenvalue weighted by Gasteiger charge is -2.01. The topological polar surface area (TPSA) is 94.9 Å². The summed E-state index contributed by atoms with van der Waals surface area (Å²) in [5.41, 5.74) is 5.43. The Hall–Kier alpha value is -2.02. The van der Waals surface area contributed by atoms with Crippen molar-refractivity contribution in [2.75, 3.05) is 5.73 Å². The first kappa shape index (κ1) is 9.53. The maximum atomic E-state index is 10.0. The van der Waals surface area contributed by atoms with E-state index in [4.69, 9.17) is 5.73 Å². The second-order valence-corrected chi connectivity index (χ2v) is 3.63. The van der Waals surface area contributed by atoms with E-state index in [0.717, 1.165) is 10.4 Å². The predicted molar refractivity (Wildman–Crippen MR) is 55.1 cm³/mol. The molecule has 0 atom stereocenters. The van der Waals surface area contributed by atoms with Crippen LogP contribution in [0.5, 0.6) is 0 Å². The Bertz CT molecular complexity index is 581. The molecule has 0 aliphatic heterocycles. The molecular formula is C8H6N4O2S. The van der Waals surface area contributed by atoms with Crippen molar-refractivity contribution in [3.8, 4) is 0 Å². The SMILES string of the molecule is Nc1cnns1.O=[N+]([O-])c1cc2ccc1=2. The van der Waals surface area contributed by atoms with Crippen molar-refractivity contribution in [1.29, 1.82) is 0 Å². The van der Waals surface area contributed by atoms with Crippen molar-refractivity contribution < 1.29 is 4.92 Å². The summed E-state index contributed by atoms with van der Waals surface area (Å²) in [4.78, 5) is 9.68. The van der Waals surface area contributed by atoms with Crippen LogP contribution in [0.2, 0.25) is 0 Å². The number of non-ortho nitro benzene ring substituents is 1. The fraction of sp³-hybridized carbons (Fsp3) is 0. The average Bonchev–Trinajstić information content (AvgIpc) is 2.61. The van der Waals surface area contributed by atoms with Crippen LogP contribution in [0.25, 0.3) is 0 Å². The molecule has 0 fully saturated rings. The summed E-state index contributed by atoms with van der Waals surface area (Å²) in [7, 11) is 0. The molecule has 0 radical (unpaired) electrons. The molecule has 7 heteroatoms. The molecular weight excluding hydrogens is 216 g/mol. The Balaban J connectivity index is 0.000000124. The van der Waals surface area contributed by atoms with Gasteiger partial charge in [-0.3, -0.25) is 10.1 Å². The Kier molecular flexibility index (Phi) is 2.30. The van der Waals surface area contributed by atoms with Gasteiger partial charge >= 0.3 is 0 Å². The van der Waals surface area contributed by atoms with Crippen LogP contribution in [0.1, 0.15) is 0 Å². The van der Waals surface area contributed by atoms with Gasteiger partial charge in [-0.2, -0.15) is 0 Å². The zero-order valence-corrected chi connectivity index (χ0v) is 8.27. The highest BCUT2D eigenvalue weighted by Crippen LogP contribution is 2.22. The van der Waals surface area contributed by atoms with E-state index in [9.17, 15) is 10.1 Å². The fourth-order valence-electron chi connectivity index (χ4n) is 1.10. The second-order valence-electron chi connectivity index (χ2n) is 2.81. The lowest BCUT2D eigenvalue weighted by atomic mass is 10.1. The number of aromatic nitrogens is 2. The standard InChI is InChI=1S/C6H3NO2.C2H3N3S/c8-7(9)6-3-4-1-2-5(4)6;3-2-1-4-5-6-2/h1-3H;1H,3H2. The Morgan fingerprint density at radius 1 is 1.47 bits per heavy atom. The van der Waals surface area contributed by atoms with Crippen molar-refractivity contribution in [1.82, 2.24) is 9.59 Å². The van der Waals surface area contributed by atoms with E-state index in [2.05, 4.69) is 9.59 Å². The lowest BCUT2D eigenvalue weighted by molar-refractivity contribution is -0.386. The third kappa shape index (κ3) is 1.77. The molecule has 0 amide bonds. The Morgan fingerprint density at radius 3 is 2.40 bits per heavy atom. The molecule has 3 rings (SSSR count). The van der Waals surface area contributed by atoms with Crippen LogP contribution in [-0.4, -0.2) is 14.5 Å². The summed E-state index contributed by atoms with van der Waals surface area (Å²) >= 11 is 1.19. The first-order valence-electron chi connectivity index (χ1n) is 4.00. The first-order valence-corrected chi connectivity index (χ1v) is 4.77. The molecule has 6 nitrogen and oxygen atoms in total. The van der Waals surface area contributed by atoms with Crippen LogP contribution in [0.4, 0.5) is 10.7 Å². The van der Waals surface area contributed by atoms with Crippen molar-refractivity contribution in [3.05, 3.63) is 44.9 Å². The molecule has 76 valence electrons. The van der Waals surface area contributed by atoms with Gasteiger partial charge in [-0.1, -0.05) is 10.6 Å². The normalized spacial score (nSPS) is 10.1. The highest BCUT2D eigenvalue weighted by molar-refractivity contribution is 7.09. The van der Waals surface area contributed by atoms with Gasteiger partial charge in [-0.25, -0.2) is 0 Å². The van der Waals surface area contributed by atoms with E-state index < -0.39 is 0 Å². The third-order valence-corrected chi connectivity index (χ3v) is 2.38. The molecule has 0 aromatic carbocycles. The summed E-state index contributed by atoms with van der Waals surface area (Å²) in [6.07, 6.45) is 1.52. The van der Waals surface area contributed by atoms with Gasteiger partial charge in [0, 0.05) is 17.6 Å². The minimum absolute atomic E-state index is 0.257. The molecule has 15 heavy (non-hydrogen) atoms. The number of hydrogen-bond donors (Lipinski definition) is 1. The van der Waals surface area contributed by atoms with Crippen LogP contribution in [0.3, 0.4) is 0 Å². The molecule has 0 saturated carbocycles. The maximum absolute atomic E-state index is 10.0. The van der Waals surface area contributed by atoms with Crippen LogP contribution < -0.4 is 5.73 Å². The van der Waals surface area contributed by atoms with Crippen molar-refractivity contribution >= 4 is 22.2 Å². The highest BCUT2D eigenvalue weighted by atomic mass is 32.1. The largest absolute Gasteiger partial charge is 0.388 e. The number of nitrogens with zero attached hydrogens (tertiary/aromatic N) is 3. The molecule has 2 aliphatic rings. The molecule has 1 aromatic rings. The van der Waals surface area contributed by atoms with E-state index in [1.165, 1.54) is 17.7 Å². The van der Waals surface area contributed by atoms with Crippen molar-refractivity contribution in [2.45, 2.75) is 0 Å². The summed E-state index contributed by atoms with van der Waals surface area (Å²) in [6, 6.07) is 5.20. The minimum atomic E-state index is -0.359. The van der Waals surface area contributed by atoms with Crippen LogP contribution in [0.15, 0.2) is 24.4 Å². The number of nitro groups is 1. The van der Waals surface area contributed by atoms with Gasteiger partial charge in [0.1, 0.15) is 5.00 Å². The summed E-state index contributed by atoms with van der Waals surface area (Å²) in [5, 5.41) is 16.0. The maximum Gasteiger partial charge on any atom is 0.277 e. The minimum Gasteiger partial charge on any atom is -0.388 e. The molecule has 0 bridgehead atoms. The number of nitro benzene ring substituents is 1. The van der Waals surface area contributed by atoms with E-state index in [1.54, 1.807) is 12.1 Å². The second kappa shape index (κ2) is 3.62. The first-order chi connectivity index (χ1) is 7.18. The molecule has 2 N–H and O–H groups in total. The highest BCUT2D eigenvalue weighted by Gasteiger charge is 2.14. The molecule has 2 aliphatic carbocycles. The number of nitrogen functional groups attached to an aromatic ring is 1. The van der Waals surface area contributed by atoms with Gasteiger partial charge < -0.3 is 5.73 Å². The van der Waals surface area contributed by atoms with Gasteiger partial charge in [-0.15, -0.1) is 5.10 Å². The van der Waals surface area contributed by atoms with Crippen molar-refractivity contribution in [3.63, 3.8) is 0 Å². The number of rotatable bonds is 1. The third-order valence-electron chi connectivity index (χ3n) is 1.88.